The summed E-state index contributed by atoms with van der Waals surface area (Å²) in [5, 5.41) is 22.3. The van der Waals surface area contributed by atoms with E-state index in [0.717, 1.165) is 86.5 Å². The smallest absolute Gasteiger partial charge is 0.328 e. The average Bonchev–Trinajstić information content (AvgIpc) is 3.64. The van der Waals surface area contributed by atoms with E-state index in [1.54, 1.807) is 24.8 Å². The van der Waals surface area contributed by atoms with Crippen LogP contribution >= 0.6 is 0 Å². The molecule has 59 heavy (non-hydrogen) atoms. The first-order valence-corrected chi connectivity index (χ1v) is 21.5. The van der Waals surface area contributed by atoms with Crippen LogP contribution in [-0.2, 0) is 10.4 Å². The number of rotatable bonds is 9. The molecule has 0 atom stereocenters. The van der Waals surface area contributed by atoms with Crippen molar-refractivity contribution >= 4 is 46.0 Å². The minimum absolute atomic E-state index is 0.0134. The molecule has 8 rings (SSSR count). The lowest BCUT2D eigenvalue weighted by Gasteiger charge is -2.46. The van der Waals surface area contributed by atoms with Crippen LogP contribution in [0.1, 0.15) is 122 Å². The molecule has 2 aromatic carbocycles. The van der Waals surface area contributed by atoms with Gasteiger partial charge in [-0.1, -0.05) is 12.1 Å². The number of piperidine rings is 2. The van der Waals surface area contributed by atoms with E-state index in [1.165, 1.54) is 32.1 Å². The molecule has 4 aromatic rings. The number of carbonyl (C=O) groups excluding carboxylic acids is 4. The molecule has 1 aliphatic carbocycles. The van der Waals surface area contributed by atoms with Gasteiger partial charge in [0.2, 0.25) is 5.91 Å². The number of aryl methyl sites for hydroxylation is 2. The van der Waals surface area contributed by atoms with Crippen LogP contribution in [0.2, 0.25) is 0 Å². The molecular formula is C46H58N8O5. The Balaban J connectivity index is 0.798. The number of hydrogen-bond acceptors (Lipinski definition) is 8. The number of nitrogens with one attached hydrogen (secondary N) is 2. The van der Waals surface area contributed by atoms with Crippen LogP contribution in [0.5, 0.6) is 0 Å². The second kappa shape index (κ2) is 16.5. The van der Waals surface area contributed by atoms with Crippen molar-refractivity contribution in [2.24, 2.45) is 11.3 Å². The molecule has 2 aromatic heterocycles. The highest BCUT2D eigenvalue weighted by Gasteiger charge is 2.39. The number of amides is 5. The van der Waals surface area contributed by atoms with E-state index in [9.17, 15) is 24.3 Å². The van der Waals surface area contributed by atoms with Gasteiger partial charge in [0.15, 0.2) is 0 Å². The predicted molar refractivity (Wildman–Crippen MR) is 227 cm³/mol. The van der Waals surface area contributed by atoms with E-state index in [2.05, 4.69) is 31.4 Å². The molecule has 1 spiro atoms. The van der Waals surface area contributed by atoms with Gasteiger partial charge in [-0.25, -0.2) is 9.78 Å². The zero-order valence-electron chi connectivity index (χ0n) is 34.9. The SMILES string of the molecule is Cc1cccc(C(=O)Nc2cc3cn(C4CCN(CCC5CCC6(CC5)CCN(C(=O)c5ccc(C)c(N7CCC(=O)NC7=O)c5)CC6)CC4)nc3cc2C(C)(C)O)n1. The summed E-state index contributed by atoms with van der Waals surface area (Å²) in [4.78, 5) is 61.5. The molecule has 0 radical (unpaired) electrons. The zero-order valence-corrected chi connectivity index (χ0v) is 34.9. The average molecular weight is 803 g/mol. The summed E-state index contributed by atoms with van der Waals surface area (Å²) in [6, 6.07) is 14.6. The van der Waals surface area contributed by atoms with E-state index in [-0.39, 0.29) is 24.1 Å². The zero-order chi connectivity index (χ0) is 41.5. The summed E-state index contributed by atoms with van der Waals surface area (Å²) in [5.41, 5.74) is 4.37. The Hall–Kier alpha value is -5.14. The van der Waals surface area contributed by atoms with Crippen LogP contribution in [0.3, 0.4) is 0 Å². The number of anilines is 2. The number of benzene rings is 2. The third kappa shape index (κ3) is 8.91. The third-order valence-corrected chi connectivity index (χ3v) is 13.6. The Morgan fingerprint density at radius 3 is 2.37 bits per heavy atom. The standard InChI is InChI=1S/C46H58N8O5/c1-30-8-9-33(27-40(30)53-23-15-41(55)49-44(53)58)43(57)52-24-18-46(19-25-52)16-10-32(11-17-46)12-20-51-21-13-35(14-22-51)54-29-34-26-39(36(45(3,4)59)28-38(34)50-54)48-42(56)37-7-5-6-31(2)47-37/h5-9,26-29,32,35,59H,10-25H2,1-4H3,(H,48,56)(H,49,55,58). The van der Waals surface area contributed by atoms with Crippen molar-refractivity contribution in [2.45, 2.75) is 104 Å². The van der Waals surface area contributed by atoms with Gasteiger partial charge in [-0.3, -0.25) is 29.3 Å². The molecule has 0 bridgehead atoms. The number of carbonyl (C=O) groups is 4. The molecule has 4 fully saturated rings. The van der Waals surface area contributed by atoms with Gasteiger partial charge in [0.1, 0.15) is 5.69 Å². The van der Waals surface area contributed by atoms with Crippen molar-refractivity contribution in [3.05, 3.63) is 82.8 Å². The number of pyridine rings is 1. The maximum atomic E-state index is 13.6. The fourth-order valence-corrected chi connectivity index (χ4v) is 9.79. The van der Waals surface area contributed by atoms with Gasteiger partial charge in [-0.2, -0.15) is 5.10 Å². The van der Waals surface area contributed by atoms with Crippen LogP contribution in [0.15, 0.2) is 54.7 Å². The number of fused-ring (bicyclic) bond motifs is 1. The normalized spacial score (nSPS) is 19.7. The Kier molecular flexibility index (Phi) is 11.4. The topological polar surface area (TPSA) is 153 Å². The van der Waals surface area contributed by atoms with E-state index in [0.29, 0.717) is 46.2 Å². The molecule has 3 N–H and O–H groups in total. The maximum absolute atomic E-state index is 13.6. The first-order valence-electron chi connectivity index (χ1n) is 21.5. The Morgan fingerprint density at radius 1 is 0.932 bits per heavy atom. The molecule has 3 aliphatic heterocycles. The van der Waals surface area contributed by atoms with E-state index >= 15 is 0 Å². The Morgan fingerprint density at radius 2 is 1.68 bits per heavy atom. The van der Waals surface area contributed by atoms with Gasteiger partial charge < -0.3 is 20.2 Å². The van der Waals surface area contributed by atoms with Crippen LogP contribution in [0, 0.1) is 25.2 Å². The van der Waals surface area contributed by atoms with Crippen molar-refractivity contribution in [2.75, 3.05) is 49.5 Å². The largest absolute Gasteiger partial charge is 0.386 e. The molecule has 312 valence electrons. The highest BCUT2D eigenvalue weighted by atomic mass is 16.3. The van der Waals surface area contributed by atoms with Crippen LogP contribution in [0.25, 0.3) is 10.9 Å². The van der Waals surface area contributed by atoms with Crippen LogP contribution in [-0.4, -0.2) is 92.7 Å². The molecule has 0 unspecified atom stereocenters. The number of aromatic nitrogens is 3. The highest BCUT2D eigenvalue weighted by molar-refractivity contribution is 6.07. The van der Waals surface area contributed by atoms with Gasteiger partial charge in [-0.05, 0) is 145 Å². The van der Waals surface area contributed by atoms with Gasteiger partial charge >= 0.3 is 6.03 Å². The van der Waals surface area contributed by atoms with Gasteiger partial charge in [0, 0.05) is 78.9 Å². The molecule has 13 heteroatoms. The summed E-state index contributed by atoms with van der Waals surface area (Å²) >= 11 is 0. The fraction of sp³-hybridized carbons (Fsp3) is 0.522. The fourth-order valence-electron chi connectivity index (χ4n) is 9.79. The van der Waals surface area contributed by atoms with Crippen molar-refractivity contribution in [3.63, 3.8) is 0 Å². The first kappa shape index (κ1) is 40.6. The molecule has 5 amide bonds. The van der Waals surface area contributed by atoms with E-state index in [4.69, 9.17) is 5.10 Å². The quantitative estimate of drug-likeness (QED) is 0.162. The lowest BCUT2D eigenvalue weighted by Crippen LogP contribution is -2.50. The second-order valence-corrected chi connectivity index (χ2v) is 18.1. The van der Waals surface area contributed by atoms with E-state index in [1.807, 2.05) is 61.2 Å². The summed E-state index contributed by atoms with van der Waals surface area (Å²) in [5.74, 6) is 0.166. The Labute approximate surface area is 346 Å². The number of aliphatic hydroxyl groups is 1. The van der Waals surface area contributed by atoms with Gasteiger partial charge in [-0.15, -0.1) is 0 Å². The molecule has 13 nitrogen and oxygen atoms in total. The van der Waals surface area contributed by atoms with Crippen molar-refractivity contribution < 1.29 is 24.3 Å². The van der Waals surface area contributed by atoms with E-state index < -0.39 is 11.6 Å². The number of imide groups is 1. The summed E-state index contributed by atoms with van der Waals surface area (Å²) in [6.07, 6.45) is 12.6. The van der Waals surface area contributed by atoms with Gasteiger partial charge in [0.25, 0.3) is 11.8 Å². The third-order valence-electron chi connectivity index (χ3n) is 13.6. The van der Waals surface area contributed by atoms with Crippen molar-refractivity contribution in [3.8, 4) is 0 Å². The second-order valence-electron chi connectivity index (χ2n) is 18.1. The molecule has 4 aliphatic rings. The lowest BCUT2D eigenvalue weighted by atomic mass is 9.65. The Bertz CT molecular complexity index is 2230. The minimum Gasteiger partial charge on any atom is -0.386 e. The van der Waals surface area contributed by atoms with Crippen LogP contribution in [0.4, 0.5) is 16.2 Å². The number of hydrogen-bond donors (Lipinski definition) is 3. The van der Waals surface area contributed by atoms with Crippen molar-refractivity contribution in [1.29, 1.82) is 0 Å². The monoisotopic (exact) mass is 802 g/mol. The molecule has 1 saturated carbocycles. The van der Waals surface area contributed by atoms with Crippen LogP contribution < -0.4 is 15.5 Å². The summed E-state index contributed by atoms with van der Waals surface area (Å²) in [7, 11) is 0. The number of likely N-dealkylation sites (tertiary alicyclic amines) is 2. The molecule has 5 heterocycles. The molecule has 3 saturated heterocycles. The lowest BCUT2D eigenvalue weighted by molar-refractivity contribution is -0.120. The summed E-state index contributed by atoms with van der Waals surface area (Å²) < 4.78 is 2.08. The predicted octanol–water partition coefficient (Wildman–Crippen LogP) is 7.11. The highest BCUT2D eigenvalue weighted by Crippen LogP contribution is 2.47. The first-order chi connectivity index (χ1) is 28.2. The van der Waals surface area contributed by atoms with Gasteiger partial charge in [0.05, 0.1) is 17.2 Å². The van der Waals surface area contributed by atoms with Crippen molar-refractivity contribution in [1.82, 2.24) is 29.9 Å². The maximum Gasteiger partial charge on any atom is 0.328 e. The summed E-state index contributed by atoms with van der Waals surface area (Å²) in [6.45, 7) is 12.2. The molecular weight excluding hydrogens is 745 g/mol. The number of nitrogens with zero attached hydrogens (tertiary/aromatic N) is 6. The number of urea groups is 1. The minimum atomic E-state index is -1.18.